The summed E-state index contributed by atoms with van der Waals surface area (Å²) in [6.07, 6.45) is 2.49. The number of hydrogen-bond donors (Lipinski definition) is 0. The topological polar surface area (TPSA) is 29.5 Å². The molecule has 114 valence electrons. The van der Waals surface area contributed by atoms with E-state index in [1.807, 2.05) is 39.0 Å². The third-order valence-corrected chi connectivity index (χ3v) is 3.69. The summed E-state index contributed by atoms with van der Waals surface area (Å²) in [5.41, 5.74) is 1.64. The molecule has 1 heterocycles. The first-order valence-electron chi connectivity index (χ1n) is 6.88. The third-order valence-electron chi connectivity index (χ3n) is 3.14. The summed E-state index contributed by atoms with van der Waals surface area (Å²) in [6, 6.07) is 5.48. The molecule has 21 heavy (non-hydrogen) atoms. The summed E-state index contributed by atoms with van der Waals surface area (Å²) in [5, 5.41) is 1.26. The molecule has 0 fully saturated rings. The van der Waals surface area contributed by atoms with E-state index in [0.717, 1.165) is 17.6 Å². The number of amides is 1. The van der Waals surface area contributed by atoms with Crippen LogP contribution < -0.4 is 0 Å². The SMILES string of the molecule is CC(C)(C)OC(=O)N1CC=C(c2ccc(Cl)cc2Cl)CC1. The fourth-order valence-corrected chi connectivity index (χ4v) is 2.69. The van der Waals surface area contributed by atoms with Crippen LogP contribution in [0.1, 0.15) is 32.8 Å². The molecular weight excluding hydrogens is 309 g/mol. The minimum absolute atomic E-state index is 0.278. The Kier molecular flexibility index (Phi) is 4.84. The van der Waals surface area contributed by atoms with Gasteiger partial charge in [0, 0.05) is 23.1 Å². The minimum atomic E-state index is -0.472. The summed E-state index contributed by atoms with van der Waals surface area (Å²) in [7, 11) is 0. The predicted molar refractivity (Wildman–Crippen MR) is 86.9 cm³/mol. The Hall–Kier alpha value is -1.19. The maximum Gasteiger partial charge on any atom is 0.410 e. The van der Waals surface area contributed by atoms with Gasteiger partial charge in [0.15, 0.2) is 0 Å². The molecule has 0 radical (unpaired) electrons. The monoisotopic (exact) mass is 327 g/mol. The van der Waals surface area contributed by atoms with Crippen molar-refractivity contribution < 1.29 is 9.53 Å². The summed E-state index contributed by atoms with van der Waals surface area (Å²) in [4.78, 5) is 13.7. The van der Waals surface area contributed by atoms with E-state index in [2.05, 4.69) is 0 Å². The van der Waals surface area contributed by atoms with Crippen molar-refractivity contribution in [2.45, 2.75) is 32.8 Å². The molecule has 0 unspecified atom stereocenters. The van der Waals surface area contributed by atoms with Crippen LogP contribution in [0.25, 0.3) is 5.57 Å². The van der Waals surface area contributed by atoms with E-state index in [9.17, 15) is 4.79 Å². The molecule has 0 aromatic heterocycles. The molecule has 1 aromatic rings. The smallest absolute Gasteiger partial charge is 0.410 e. The molecule has 1 aliphatic rings. The first-order valence-corrected chi connectivity index (χ1v) is 7.64. The average Bonchev–Trinajstić information content (AvgIpc) is 2.37. The highest BCUT2D eigenvalue weighted by Gasteiger charge is 2.24. The highest BCUT2D eigenvalue weighted by molar-refractivity contribution is 6.35. The van der Waals surface area contributed by atoms with E-state index in [4.69, 9.17) is 27.9 Å². The quantitative estimate of drug-likeness (QED) is 0.724. The number of carbonyl (C=O) groups is 1. The summed E-state index contributed by atoms with van der Waals surface area (Å²) in [6.45, 7) is 6.75. The van der Waals surface area contributed by atoms with Crippen LogP contribution in [0, 0.1) is 0 Å². The molecule has 0 saturated heterocycles. The highest BCUT2D eigenvalue weighted by Crippen LogP contribution is 2.30. The van der Waals surface area contributed by atoms with Gasteiger partial charge in [-0.3, -0.25) is 0 Å². The second-order valence-corrected chi connectivity index (χ2v) is 6.87. The van der Waals surface area contributed by atoms with Crippen molar-refractivity contribution in [3.05, 3.63) is 39.9 Å². The van der Waals surface area contributed by atoms with Gasteiger partial charge < -0.3 is 9.64 Å². The van der Waals surface area contributed by atoms with E-state index < -0.39 is 5.60 Å². The molecular formula is C16H19Cl2NO2. The van der Waals surface area contributed by atoms with Gasteiger partial charge in [0.25, 0.3) is 0 Å². The van der Waals surface area contributed by atoms with E-state index in [1.165, 1.54) is 0 Å². The maximum absolute atomic E-state index is 12.0. The zero-order chi connectivity index (χ0) is 15.6. The Morgan fingerprint density at radius 2 is 2.00 bits per heavy atom. The van der Waals surface area contributed by atoms with E-state index in [1.54, 1.807) is 11.0 Å². The van der Waals surface area contributed by atoms with Crippen molar-refractivity contribution >= 4 is 34.9 Å². The summed E-state index contributed by atoms with van der Waals surface area (Å²) >= 11 is 12.1. The Morgan fingerprint density at radius 1 is 1.29 bits per heavy atom. The van der Waals surface area contributed by atoms with Gasteiger partial charge >= 0.3 is 6.09 Å². The van der Waals surface area contributed by atoms with Crippen molar-refractivity contribution in [3.8, 4) is 0 Å². The van der Waals surface area contributed by atoms with Crippen molar-refractivity contribution in [2.24, 2.45) is 0 Å². The molecule has 2 rings (SSSR count). The largest absolute Gasteiger partial charge is 0.444 e. The third kappa shape index (κ3) is 4.39. The number of halogens is 2. The number of hydrogen-bond acceptors (Lipinski definition) is 2. The lowest BCUT2D eigenvalue weighted by atomic mass is 9.99. The molecule has 1 aliphatic heterocycles. The molecule has 0 spiro atoms. The Balaban J connectivity index is 2.07. The zero-order valence-electron chi connectivity index (χ0n) is 12.5. The van der Waals surface area contributed by atoms with Crippen molar-refractivity contribution in [3.63, 3.8) is 0 Å². The second-order valence-electron chi connectivity index (χ2n) is 6.03. The van der Waals surface area contributed by atoms with Crippen molar-refractivity contribution in [1.82, 2.24) is 4.90 Å². The fraction of sp³-hybridized carbons (Fsp3) is 0.438. The number of nitrogens with zero attached hydrogens (tertiary/aromatic N) is 1. The Morgan fingerprint density at radius 3 is 2.52 bits per heavy atom. The lowest BCUT2D eigenvalue weighted by Gasteiger charge is -2.29. The molecule has 0 atom stereocenters. The van der Waals surface area contributed by atoms with Crippen molar-refractivity contribution in [2.75, 3.05) is 13.1 Å². The Labute approximate surface area is 135 Å². The first-order chi connectivity index (χ1) is 9.76. The maximum atomic E-state index is 12.0. The van der Waals surface area contributed by atoms with Crippen LogP contribution in [-0.2, 0) is 4.74 Å². The summed E-state index contributed by atoms with van der Waals surface area (Å²) in [5.74, 6) is 0. The van der Waals surface area contributed by atoms with Gasteiger partial charge in [-0.1, -0.05) is 35.3 Å². The standard InChI is InChI=1S/C16H19Cl2NO2/c1-16(2,3)21-15(20)19-8-6-11(7-9-19)13-5-4-12(17)10-14(13)18/h4-6,10H,7-9H2,1-3H3. The zero-order valence-corrected chi connectivity index (χ0v) is 14.0. The normalized spacial score (nSPS) is 15.7. The summed E-state index contributed by atoms with van der Waals surface area (Å²) < 4.78 is 5.37. The molecule has 0 aliphatic carbocycles. The number of carbonyl (C=O) groups excluding carboxylic acids is 1. The van der Waals surface area contributed by atoms with Gasteiger partial charge in [0.1, 0.15) is 5.60 Å². The average molecular weight is 328 g/mol. The van der Waals surface area contributed by atoms with Crippen LogP contribution in [0.3, 0.4) is 0 Å². The minimum Gasteiger partial charge on any atom is -0.444 e. The molecule has 0 N–H and O–H groups in total. The van der Waals surface area contributed by atoms with Crippen LogP contribution >= 0.6 is 23.2 Å². The second kappa shape index (κ2) is 6.29. The van der Waals surface area contributed by atoms with E-state index in [0.29, 0.717) is 23.1 Å². The molecule has 0 saturated carbocycles. The fourth-order valence-electron chi connectivity index (χ4n) is 2.16. The predicted octanol–water partition coefficient (Wildman–Crippen LogP) is 5.02. The van der Waals surface area contributed by atoms with Gasteiger partial charge in [0.2, 0.25) is 0 Å². The number of benzene rings is 1. The van der Waals surface area contributed by atoms with Crippen LogP contribution in [0.15, 0.2) is 24.3 Å². The van der Waals surface area contributed by atoms with Gasteiger partial charge in [0.05, 0.1) is 0 Å². The van der Waals surface area contributed by atoms with Gasteiger partial charge in [-0.2, -0.15) is 0 Å². The van der Waals surface area contributed by atoms with Crippen LogP contribution in [0.4, 0.5) is 4.79 Å². The van der Waals surface area contributed by atoms with E-state index >= 15 is 0 Å². The van der Waals surface area contributed by atoms with Crippen molar-refractivity contribution in [1.29, 1.82) is 0 Å². The molecule has 5 heteroatoms. The lowest BCUT2D eigenvalue weighted by Crippen LogP contribution is -2.39. The van der Waals surface area contributed by atoms with Crippen LogP contribution in [0.2, 0.25) is 10.0 Å². The lowest BCUT2D eigenvalue weighted by molar-refractivity contribution is 0.0270. The number of rotatable bonds is 1. The van der Waals surface area contributed by atoms with Gasteiger partial charge in [-0.25, -0.2) is 4.79 Å². The van der Waals surface area contributed by atoms with Gasteiger partial charge in [-0.05, 0) is 50.5 Å². The van der Waals surface area contributed by atoms with E-state index in [-0.39, 0.29) is 6.09 Å². The highest BCUT2D eigenvalue weighted by atomic mass is 35.5. The number of ether oxygens (including phenoxy) is 1. The molecule has 1 aromatic carbocycles. The van der Waals surface area contributed by atoms with Crippen LogP contribution in [0.5, 0.6) is 0 Å². The van der Waals surface area contributed by atoms with Crippen LogP contribution in [-0.4, -0.2) is 29.7 Å². The molecule has 3 nitrogen and oxygen atoms in total. The molecule has 1 amide bonds. The molecule has 0 bridgehead atoms. The Bertz CT molecular complexity index is 576. The van der Waals surface area contributed by atoms with Gasteiger partial charge in [-0.15, -0.1) is 0 Å². The first kappa shape index (κ1) is 16.2.